The van der Waals surface area contributed by atoms with E-state index in [1.807, 2.05) is 0 Å². The number of phenols is 1. The number of phenolic OH excluding ortho intramolecular Hbond substituents is 1. The van der Waals surface area contributed by atoms with Gasteiger partial charge in [0.05, 0.1) is 39.5 Å². The summed E-state index contributed by atoms with van der Waals surface area (Å²) in [4.78, 5) is 13.4. The molecule has 2 aromatic rings. The number of hydrogen-bond acceptors (Lipinski definition) is 13. The predicted molar refractivity (Wildman–Crippen MR) is 138 cm³/mol. The van der Waals surface area contributed by atoms with Gasteiger partial charge in [-0.05, 0) is 47.9 Å². The number of hydrogen-bond donors (Lipinski definition) is 3. The highest BCUT2D eigenvalue weighted by Crippen LogP contribution is 2.57. The van der Waals surface area contributed by atoms with Crippen molar-refractivity contribution in [2.24, 2.45) is 11.8 Å². The maximum Gasteiger partial charge on any atom is 0.310 e. The minimum atomic E-state index is -1.44. The van der Waals surface area contributed by atoms with Crippen LogP contribution in [-0.4, -0.2) is 92.5 Å². The molecule has 3 saturated heterocycles. The average Bonchev–Trinajstić information content (AvgIpc) is 3.61. The number of benzene rings is 2. The number of cyclic esters (lactones) is 1. The molecule has 0 amide bonds. The molecule has 1 aliphatic carbocycles. The molecule has 42 heavy (non-hydrogen) atoms. The average molecular weight is 589 g/mol. The van der Waals surface area contributed by atoms with E-state index in [0.717, 1.165) is 0 Å². The van der Waals surface area contributed by atoms with Crippen LogP contribution in [0.25, 0.3) is 0 Å². The van der Waals surface area contributed by atoms with Gasteiger partial charge in [-0.2, -0.15) is 0 Å². The van der Waals surface area contributed by atoms with E-state index in [1.165, 1.54) is 14.2 Å². The fourth-order valence-electron chi connectivity index (χ4n) is 6.74. The van der Waals surface area contributed by atoms with Crippen molar-refractivity contribution >= 4 is 5.97 Å². The van der Waals surface area contributed by atoms with Crippen LogP contribution in [0.3, 0.4) is 0 Å². The van der Waals surface area contributed by atoms with Gasteiger partial charge in [0.2, 0.25) is 12.5 Å². The van der Waals surface area contributed by atoms with Crippen LogP contribution in [0.1, 0.15) is 35.6 Å². The summed E-state index contributed by atoms with van der Waals surface area (Å²) in [6, 6.07) is 6.93. The van der Waals surface area contributed by atoms with Crippen molar-refractivity contribution in [3.8, 4) is 28.7 Å². The van der Waals surface area contributed by atoms with Crippen molar-refractivity contribution < 1.29 is 62.7 Å². The Hall–Kier alpha value is -3.33. The first-order valence-electron chi connectivity index (χ1n) is 13.8. The molecule has 0 unspecified atom stereocenters. The topological polar surface area (TPSA) is 161 Å². The summed E-state index contributed by atoms with van der Waals surface area (Å²) in [6.45, 7) is 1.93. The lowest BCUT2D eigenvalue weighted by Crippen LogP contribution is -2.63. The highest BCUT2D eigenvalue weighted by molar-refractivity contribution is 5.79. The Labute approximate surface area is 240 Å². The Morgan fingerprint density at radius 3 is 2.26 bits per heavy atom. The third-order valence-electron chi connectivity index (χ3n) is 8.75. The predicted octanol–water partition coefficient (Wildman–Crippen LogP) is 1.34. The van der Waals surface area contributed by atoms with E-state index in [4.69, 9.17) is 42.6 Å². The number of esters is 1. The number of aromatic hydroxyl groups is 1. The normalized spacial score (nSPS) is 36.5. The van der Waals surface area contributed by atoms with E-state index in [0.29, 0.717) is 28.2 Å². The largest absolute Gasteiger partial charge is 0.502 e. The number of methoxy groups -OCH3 is 2. The van der Waals surface area contributed by atoms with Crippen molar-refractivity contribution in [2.45, 2.75) is 55.9 Å². The lowest BCUT2D eigenvalue weighted by atomic mass is 9.66. The fraction of sp³-hybridized carbons (Fsp3) is 0.552. The summed E-state index contributed by atoms with van der Waals surface area (Å²) in [7, 11) is 2.86. The number of fused-ring (bicyclic) bond motifs is 4. The molecule has 2 aromatic carbocycles. The number of carbonyl (C=O) groups is 1. The second-order valence-corrected chi connectivity index (χ2v) is 11.0. The number of rotatable bonds is 5. The van der Waals surface area contributed by atoms with Crippen LogP contribution in [0.5, 0.6) is 28.7 Å². The fourth-order valence-corrected chi connectivity index (χ4v) is 6.74. The van der Waals surface area contributed by atoms with Gasteiger partial charge in [-0.15, -0.1) is 0 Å². The van der Waals surface area contributed by atoms with E-state index in [-0.39, 0.29) is 37.3 Å². The van der Waals surface area contributed by atoms with Crippen LogP contribution in [0.15, 0.2) is 24.3 Å². The zero-order chi connectivity index (χ0) is 29.3. The molecule has 13 nitrogen and oxygen atoms in total. The van der Waals surface area contributed by atoms with Gasteiger partial charge in [-0.25, -0.2) is 0 Å². The first-order valence-corrected chi connectivity index (χ1v) is 13.8. The molecule has 3 fully saturated rings. The first kappa shape index (κ1) is 27.5. The van der Waals surface area contributed by atoms with Crippen LogP contribution < -0.4 is 18.9 Å². The highest BCUT2D eigenvalue weighted by atomic mass is 16.8. The van der Waals surface area contributed by atoms with Crippen LogP contribution in [0.2, 0.25) is 0 Å². The number of carbonyl (C=O) groups excluding carboxylic acids is 1. The van der Waals surface area contributed by atoms with E-state index in [1.54, 1.807) is 31.2 Å². The highest BCUT2D eigenvalue weighted by Gasteiger charge is 2.56. The molecule has 0 bridgehead atoms. The van der Waals surface area contributed by atoms with Crippen LogP contribution in [-0.2, 0) is 28.5 Å². The standard InChI is InChI=1S/C29H32O13/c1-11-36-9-20-27(40-11)24(31)25(32)29(41-20)42-26-14-7-17-16(38-10-39-17)6-13(14)21(22-15(26)8-37-28(22)33)12-4-18(34-2)23(30)19(5-12)35-3/h4-7,11,15,20-22,24-27,29-32H,8-10H2,1-3H3/t11-,15-,20-,21-,22-,24-,25-,26-,27+,29-/m0/s1. The monoisotopic (exact) mass is 588 g/mol. The van der Waals surface area contributed by atoms with Gasteiger partial charge in [0.1, 0.15) is 24.4 Å². The van der Waals surface area contributed by atoms with E-state index < -0.39 is 66.8 Å². The second kappa shape index (κ2) is 10.4. The van der Waals surface area contributed by atoms with Crippen molar-refractivity contribution in [1.29, 1.82) is 0 Å². The summed E-state index contributed by atoms with van der Waals surface area (Å²) in [5, 5.41) is 32.5. The quantitative estimate of drug-likeness (QED) is 0.430. The first-order chi connectivity index (χ1) is 20.3. The smallest absolute Gasteiger partial charge is 0.310 e. The molecule has 0 saturated carbocycles. The summed E-state index contributed by atoms with van der Waals surface area (Å²) < 4.78 is 51.5. The molecular formula is C29H32O13. The summed E-state index contributed by atoms with van der Waals surface area (Å²) in [6.07, 6.45) is -6.80. The lowest BCUT2D eigenvalue weighted by molar-refractivity contribution is -0.364. The SMILES string of the molecule is COc1cc([C@H]2c3cc4c(cc3[C@H](O[C@@H]3O[C@H]5CO[C@H](C)O[C@H]5[C@@H](O)[C@@H]3O)[C@H]3COC(=O)[C@H]23)OCO4)cc(OC)c1O. The third-order valence-corrected chi connectivity index (χ3v) is 8.75. The molecule has 0 radical (unpaired) electrons. The van der Waals surface area contributed by atoms with Gasteiger partial charge >= 0.3 is 5.97 Å². The van der Waals surface area contributed by atoms with Crippen LogP contribution >= 0.6 is 0 Å². The van der Waals surface area contributed by atoms with Gasteiger partial charge in [0.25, 0.3) is 0 Å². The molecule has 10 atom stereocenters. The molecule has 4 heterocycles. The Bertz CT molecular complexity index is 1350. The number of aliphatic hydroxyl groups is 2. The molecule has 7 rings (SSSR count). The number of aliphatic hydroxyl groups excluding tert-OH is 2. The molecule has 4 aliphatic heterocycles. The van der Waals surface area contributed by atoms with E-state index >= 15 is 0 Å². The van der Waals surface area contributed by atoms with E-state index in [2.05, 4.69) is 0 Å². The van der Waals surface area contributed by atoms with E-state index in [9.17, 15) is 20.1 Å². The Kier molecular flexibility index (Phi) is 6.83. The summed E-state index contributed by atoms with van der Waals surface area (Å²) >= 11 is 0. The molecule has 5 aliphatic rings. The summed E-state index contributed by atoms with van der Waals surface area (Å²) in [5.74, 6) is -1.02. The van der Waals surface area contributed by atoms with Crippen molar-refractivity contribution in [3.63, 3.8) is 0 Å². The van der Waals surface area contributed by atoms with Crippen molar-refractivity contribution in [1.82, 2.24) is 0 Å². The maximum absolute atomic E-state index is 13.4. The van der Waals surface area contributed by atoms with Gasteiger partial charge in [-0.3, -0.25) is 4.79 Å². The van der Waals surface area contributed by atoms with Gasteiger partial charge in [-0.1, -0.05) is 0 Å². The molecule has 0 spiro atoms. The minimum Gasteiger partial charge on any atom is -0.502 e. The lowest BCUT2D eigenvalue weighted by Gasteiger charge is -2.47. The Balaban J connectivity index is 1.32. The third kappa shape index (κ3) is 4.26. The zero-order valence-corrected chi connectivity index (χ0v) is 23.1. The minimum absolute atomic E-state index is 0.0301. The molecule has 226 valence electrons. The molecule has 13 heteroatoms. The van der Waals surface area contributed by atoms with Gasteiger partial charge in [0.15, 0.2) is 35.6 Å². The van der Waals surface area contributed by atoms with Crippen LogP contribution in [0, 0.1) is 11.8 Å². The second-order valence-electron chi connectivity index (χ2n) is 11.0. The number of ether oxygens (including phenoxy) is 9. The molecule has 3 N–H and O–H groups in total. The zero-order valence-electron chi connectivity index (χ0n) is 23.1. The van der Waals surface area contributed by atoms with Gasteiger partial charge < -0.3 is 58.0 Å². The van der Waals surface area contributed by atoms with Crippen LogP contribution in [0.4, 0.5) is 0 Å². The molecule has 0 aromatic heterocycles. The Morgan fingerprint density at radius 1 is 0.881 bits per heavy atom. The van der Waals surface area contributed by atoms with Crippen molar-refractivity contribution in [3.05, 3.63) is 41.0 Å². The maximum atomic E-state index is 13.4. The molecular weight excluding hydrogens is 556 g/mol. The van der Waals surface area contributed by atoms with Gasteiger partial charge in [0, 0.05) is 11.8 Å². The Morgan fingerprint density at radius 2 is 1.57 bits per heavy atom. The van der Waals surface area contributed by atoms with Crippen molar-refractivity contribution in [2.75, 3.05) is 34.2 Å². The summed E-state index contributed by atoms with van der Waals surface area (Å²) in [5.41, 5.74) is 2.01.